The van der Waals surface area contributed by atoms with Gasteiger partial charge in [0.1, 0.15) is 11.9 Å². The van der Waals surface area contributed by atoms with E-state index in [2.05, 4.69) is 15.1 Å². The summed E-state index contributed by atoms with van der Waals surface area (Å²) in [5.74, 6) is 0.0306. The zero-order valence-corrected chi connectivity index (χ0v) is 21.7. The van der Waals surface area contributed by atoms with Gasteiger partial charge in [-0.2, -0.15) is 5.10 Å². The molecule has 4 aromatic rings. The molecule has 1 atom stereocenters. The molecule has 9 nitrogen and oxygen atoms in total. The van der Waals surface area contributed by atoms with E-state index in [1.54, 1.807) is 53.3 Å². The third kappa shape index (κ3) is 5.86. The van der Waals surface area contributed by atoms with Crippen LogP contribution in [-0.2, 0) is 22.3 Å². The van der Waals surface area contributed by atoms with Crippen molar-refractivity contribution < 1.29 is 23.3 Å². The summed E-state index contributed by atoms with van der Waals surface area (Å²) < 4.78 is 27.8. The van der Waals surface area contributed by atoms with Crippen LogP contribution >= 0.6 is 0 Å². The molecule has 1 aliphatic rings. The molecular weight excluding hydrogens is 504 g/mol. The fourth-order valence-corrected chi connectivity index (χ4v) is 5.31. The van der Waals surface area contributed by atoms with Gasteiger partial charge in [-0.15, -0.1) is 0 Å². The summed E-state index contributed by atoms with van der Waals surface area (Å²) in [6.45, 7) is 0.375. The molecule has 0 spiro atoms. The molecule has 1 unspecified atom stereocenters. The molecule has 38 heavy (non-hydrogen) atoms. The predicted octanol–water partition coefficient (Wildman–Crippen LogP) is 5.04. The van der Waals surface area contributed by atoms with Crippen LogP contribution in [0.25, 0.3) is 10.9 Å². The Bertz CT molecular complexity index is 1480. The molecule has 2 N–H and O–H groups in total. The van der Waals surface area contributed by atoms with Gasteiger partial charge in [-0.1, -0.05) is 24.3 Å². The number of nitrogens with zero attached hydrogens (tertiary/aromatic N) is 2. The van der Waals surface area contributed by atoms with Crippen molar-refractivity contribution in [3.05, 3.63) is 84.1 Å². The number of carbonyl (C=O) groups excluding carboxylic acids is 2. The molecule has 10 heteroatoms. The van der Waals surface area contributed by atoms with Crippen LogP contribution in [0, 0.1) is 0 Å². The van der Waals surface area contributed by atoms with Gasteiger partial charge >= 0.3 is 6.09 Å². The van der Waals surface area contributed by atoms with Crippen molar-refractivity contribution in [2.24, 2.45) is 0 Å². The smallest absolute Gasteiger partial charge is 0.411 e. The summed E-state index contributed by atoms with van der Waals surface area (Å²) in [7, 11) is -0.142. The summed E-state index contributed by atoms with van der Waals surface area (Å²) in [5.41, 5.74) is 2.57. The van der Waals surface area contributed by atoms with E-state index < -0.39 is 23.0 Å². The van der Waals surface area contributed by atoms with Gasteiger partial charge in [-0.3, -0.25) is 19.5 Å². The van der Waals surface area contributed by atoms with E-state index in [0.29, 0.717) is 28.4 Å². The minimum absolute atomic E-state index is 0.0138. The molecule has 1 aliphatic carbocycles. The molecule has 1 heterocycles. The van der Waals surface area contributed by atoms with Crippen molar-refractivity contribution in [3.63, 3.8) is 0 Å². The predicted molar refractivity (Wildman–Crippen MR) is 145 cm³/mol. The highest BCUT2D eigenvalue weighted by molar-refractivity contribution is 7.83. The van der Waals surface area contributed by atoms with E-state index in [9.17, 15) is 13.8 Å². The van der Waals surface area contributed by atoms with E-state index in [1.165, 1.54) is 7.11 Å². The molecule has 0 bridgehead atoms. The van der Waals surface area contributed by atoms with Crippen LogP contribution in [-0.4, -0.2) is 39.2 Å². The molecule has 0 radical (unpaired) electrons. The number of carbonyl (C=O) groups is 2. The largest absolute Gasteiger partial charge is 0.496 e. The first-order valence-electron chi connectivity index (χ1n) is 12.4. The number of aromatic nitrogens is 2. The Hall–Kier alpha value is -4.18. The summed E-state index contributed by atoms with van der Waals surface area (Å²) in [6.07, 6.45) is 5.28. The number of benzene rings is 3. The Morgan fingerprint density at radius 1 is 1.05 bits per heavy atom. The second-order valence-corrected chi connectivity index (χ2v) is 10.3. The highest BCUT2D eigenvalue weighted by Crippen LogP contribution is 2.26. The Balaban J connectivity index is 1.30. The molecule has 1 fully saturated rings. The van der Waals surface area contributed by atoms with Gasteiger partial charge in [-0.25, -0.2) is 9.00 Å². The van der Waals surface area contributed by atoms with E-state index in [0.717, 1.165) is 42.1 Å². The molecule has 196 valence electrons. The second-order valence-electron chi connectivity index (χ2n) is 9.05. The van der Waals surface area contributed by atoms with Crippen LogP contribution in [0.2, 0.25) is 0 Å². The van der Waals surface area contributed by atoms with Crippen molar-refractivity contribution >= 4 is 39.6 Å². The number of fused-ring (bicyclic) bond motifs is 1. The van der Waals surface area contributed by atoms with Crippen molar-refractivity contribution in [2.75, 3.05) is 12.4 Å². The number of methoxy groups -OCH3 is 1. The average molecular weight is 533 g/mol. The normalized spacial score (nSPS) is 14.2. The standard InChI is InChI=1S/C28H28N4O5S/c1-36-26-15-19(27(33)31-38(35)24-9-3-2-4-10-24)11-12-21(26)18-32-25-16-22(14-13-20(25)17-29-32)30-28(34)37-23-7-5-6-8-23/h2-4,9-17,23H,5-8,18H2,1H3,(H,30,34)(H,31,33). The molecule has 5 rings (SSSR count). The maximum absolute atomic E-state index is 12.7. The summed E-state index contributed by atoms with van der Waals surface area (Å²) >= 11 is 0. The van der Waals surface area contributed by atoms with Gasteiger partial charge in [0, 0.05) is 22.2 Å². The topological polar surface area (TPSA) is 112 Å². The molecule has 1 aromatic heterocycles. The lowest BCUT2D eigenvalue weighted by Gasteiger charge is -2.13. The van der Waals surface area contributed by atoms with Gasteiger partial charge in [0.25, 0.3) is 5.91 Å². The summed E-state index contributed by atoms with van der Waals surface area (Å²) in [6, 6.07) is 19.3. The quantitative estimate of drug-likeness (QED) is 0.329. The first-order valence-corrected chi connectivity index (χ1v) is 13.5. The summed E-state index contributed by atoms with van der Waals surface area (Å²) in [5, 5.41) is 8.23. The number of anilines is 1. The van der Waals surface area contributed by atoms with Gasteiger partial charge in [0.05, 0.1) is 30.3 Å². The van der Waals surface area contributed by atoms with E-state index in [1.807, 2.05) is 24.3 Å². The minimum Gasteiger partial charge on any atom is -0.496 e. The third-order valence-corrected chi connectivity index (χ3v) is 7.55. The molecule has 2 amide bonds. The van der Waals surface area contributed by atoms with Crippen LogP contribution in [0.1, 0.15) is 41.6 Å². The van der Waals surface area contributed by atoms with E-state index in [4.69, 9.17) is 9.47 Å². The molecule has 0 aliphatic heterocycles. The molecule has 3 aromatic carbocycles. The maximum Gasteiger partial charge on any atom is 0.411 e. The van der Waals surface area contributed by atoms with Crippen molar-refractivity contribution in [2.45, 2.75) is 43.2 Å². The Morgan fingerprint density at radius 2 is 1.84 bits per heavy atom. The molecular formula is C28H28N4O5S. The fourth-order valence-electron chi connectivity index (χ4n) is 4.50. The monoisotopic (exact) mass is 532 g/mol. The molecule has 0 saturated heterocycles. The lowest BCUT2D eigenvalue weighted by atomic mass is 10.1. The number of nitrogens with one attached hydrogen (secondary N) is 2. The summed E-state index contributed by atoms with van der Waals surface area (Å²) in [4.78, 5) is 25.5. The van der Waals surface area contributed by atoms with Crippen LogP contribution in [0.5, 0.6) is 5.75 Å². The lowest BCUT2D eigenvalue weighted by molar-refractivity contribution is 0.0982. The maximum atomic E-state index is 12.7. The number of amides is 2. The van der Waals surface area contributed by atoms with Crippen LogP contribution in [0.3, 0.4) is 0 Å². The first-order chi connectivity index (χ1) is 18.5. The lowest BCUT2D eigenvalue weighted by Crippen LogP contribution is -2.25. The SMILES string of the molecule is COc1cc(C(=O)NS(=O)c2ccccc2)ccc1Cn1ncc2ccc(NC(=O)OC3CCCC3)cc21. The van der Waals surface area contributed by atoms with Crippen LogP contribution < -0.4 is 14.8 Å². The zero-order valence-electron chi connectivity index (χ0n) is 20.9. The minimum atomic E-state index is -1.67. The number of hydrogen-bond donors (Lipinski definition) is 2. The van der Waals surface area contributed by atoms with Gasteiger partial charge in [0.2, 0.25) is 0 Å². The Labute approximate surface area is 222 Å². The van der Waals surface area contributed by atoms with Crippen molar-refractivity contribution in [1.82, 2.24) is 14.5 Å². The van der Waals surface area contributed by atoms with Crippen LogP contribution in [0.15, 0.2) is 77.8 Å². The van der Waals surface area contributed by atoms with E-state index >= 15 is 0 Å². The fraction of sp³-hybridized carbons (Fsp3) is 0.250. The van der Waals surface area contributed by atoms with Gasteiger partial charge < -0.3 is 9.47 Å². The number of rotatable bonds is 8. The highest BCUT2D eigenvalue weighted by atomic mass is 32.2. The van der Waals surface area contributed by atoms with Crippen molar-refractivity contribution in [3.8, 4) is 5.75 Å². The first kappa shape index (κ1) is 25.5. The second kappa shape index (κ2) is 11.5. The van der Waals surface area contributed by atoms with Gasteiger partial charge in [0.15, 0.2) is 11.0 Å². The van der Waals surface area contributed by atoms with Crippen LogP contribution in [0.4, 0.5) is 10.5 Å². The van der Waals surface area contributed by atoms with E-state index in [-0.39, 0.29) is 6.10 Å². The highest BCUT2D eigenvalue weighted by Gasteiger charge is 2.19. The van der Waals surface area contributed by atoms with Crippen molar-refractivity contribution in [1.29, 1.82) is 0 Å². The zero-order chi connectivity index (χ0) is 26.5. The van der Waals surface area contributed by atoms with Gasteiger partial charge in [-0.05, 0) is 68.1 Å². The average Bonchev–Trinajstić information content (AvgIpc) is 3.59. The number of ether oxygens (including phenoxy) is 2. The Kier molecular flexibility index (Phi) is 7.69. The Morgan fingerprint density at radius 3 is 2.61 bits per heavy atom. The number of hydrogen-bond acceptors (Lipinski definition) is 6. The third-order valence-electron chi connectivity index (χ3n) is 6.48. The molecule has 1 saturated carbocycles.